The quantitative estimate of drug-likeness (QED) is 0.497. The number of nitrogens with one attached hydrogen (secondary N) is 1. The van der Waals surface area contributed by atoms with Crippen molar-refractivity contribution in [2.75, 3.05) is 37.9 Å². The van der Waals surface area contributed by atoms with E-state index < -0.39 is 28.5 Å². The molecule has 11 heteroatoms. The van der Waals surface area contributed by atoms with Crippen molar-refractivity contribution in [1.82, 2.24) is 10.2 Å². The van der Waals surface area contributed by atoms with E-state index in [0.717, 1.165) is 16.1 Å². The van der Waals surface area contributed by atoms with Gasteiger partial charge < -0.3 is 19.7 Å². The van der Waals surface area contributed by atoms with E-state index >= 15 is 0 Å². The molecule has 9 nitrogen and oxygen atoms in total. The van der Waals surface area contributed by atoms with Gasteiger partial charge in [0.05, 0.1) is 26.2 Å². The number of rotatable bonds is 11. The van der Waals surface area contributed by atoms with Gasteiger partial charge in [0.25, 0.3) is 0 Å². The fourth-order valence-corrected chi connectivity index (χ4v) is 4.34. The van der Waals surface area contributed by atoms with Crippen LogP contribution in [0.2, 0.25) is 5.02 Å². The van der Waals surface area contributed by atoms with Gasteiger partial charge in [0.2, 0.25) is 21.8 Å². The van der Waals surface area contributed by atoms with Crippen LogP contribution in [0.25, 0.3) is 0 Å². The Hall–Kier alpha value is -2.98. The second-order valence-electron chi connectivity index (χ2n) is 7.53. The highest BCUT2D eigenvalue weighted by molar-refractivity contribution is 7.92. The fourth-order valence-electron chi connectivity index (χ4n) is 3.32. The van der Waals surface area contributed by atoms with Gasteiger partial charge >= 0.3 is 0 Å². The summed E-state index contributed by atoms with van der Waals surface area (Å²) >= 11 is 6.09. The first-order valence-corrected chi connectivity index (χ1v) is 12.8. The third-order valence-corrected chi connectivity index (χ3v) is 6.46. The van der Waals surface area contributed by atoms with Crippen LogP contribution in [0.15, 0.2) is 42.5 Å². The third-order valence-electron chi connectivity index (χ3n) is 5.09. The number of halogens is 1. The molecular weight excluding hydrogens is 482 g/mol. The van der Waals surface area contributed by atoms with Crippen molar-refractivity contribution in [3.8, 4) is 11.5 Å². The first kappa shape index (κ1) is 27.3. The highest BCUT2D eigenvalue weighted by Gasteiger charge is 2.31. The molecule has 0 fully saturated rings. The van der Waals surface area contributed by atoms with Crippen LogP contribution in [0.5, 0.6) is 11.5 Å². The van der Waals surface area contributed by atoms with Crippen molar-refractivity contribution in [3.63, 3.8) is 0 Å². The topological polar surface area (TPSA) is 105 Å². The molecule has 0 saturated heterocycles. The first-order chi connectivity index (χ1) is 16.0. The second-order valence-corrected chi connectivity index (χ2v) is 9.87. The number of carbonyl (C=O) groups is 2. The molecule has 0 aromatic heterocycles. The molecule has 0 bridgehead atoms. The first-order valence-electron chi connectivity index (χ1n) is 10.5. The minimum atomic E-state index is -3.91. The fraction of sp³-hybridized carbons (Fsp3) is 0.391. The van der Waals surface area contributed by atoms with Crippen molar-refractivity contribution in [2.24, 2.45) is 0 Å². The summed E-state index contributed by atoms with van der Waals surface area (Å²) in [5, 5.41) is 2.98. The molecular formula is C23H30ClN3O6S. The Morgan fingerprint density at radius 1 is 1.12 bits per heavy atom. The van der Waals surface area contributed by atoms with Gasteiger partial charge in [0.1, 0.15) is 24.1 Å². The van der Waals surface area contributed by atoms with E-state index in [1.165, 1.54) is 31.3 Å². The van der Waals surface area contributed by atoms with E-state index in [2.05, 4.69) is 5.32 Å². The molecule has 0 aliphatic carbocycles. The second kappa shape index (κ2) is 11.9. The van der Waals surface area contributed by atoms with Gasteiger partial charge in [-0.25, -0.2) is 8.42 Å². The Balaban J connectivity index is 2.47. The maximum atomic E-state index is 13.5. The number of ether oxygens (including phenoxy) is 2. The van der Waals surface area contributed by atoms with Crippen molar-refractivity contribution < 1.29 is 27.5 Å². The summed E-state index contributed by atoms with van der Waals surface area (Å²) in [5.41, 5.74) is 0.841. The lowest BCUT2D eigenvalue weighted by molar-refractivity contribution is -0.139. The molecule has 1 N–H and O–H groups in total. The molecule has 2 aromatic carbocycles. The van der Waals surface area contributed by atoms with Crippen LogP contribution >= 0.6 is 11.6 Å². The lowest BCUT2D eigenvalue weighted by atomic mass is 10.1. The zero-order valence-corrected chi connectivity index (χ0v) is 21.4. The summed E-state index contributed by atoms with van der Waals surface area (Å²) in [4.78, 5) is 27.4. The van der Waals surface area contributed by atoms with Gasteiger partial charge in [-0.3, -0.25) is 13.9 Å². The SMILES string of the molecule is CCNC(=O)C(C)N(Cc1cccc(OC)c1)C(=O)CN(c1cc(Cl)ccc1OC)S(C)(=O)=O. The van der Waals surface area contributed by atoms with Gasteiger partial charge in [-0.2, -0.15) is 0 Å². The number of benzene rings is 2. The molecule has 0 heterocycles. The number of likely N-dealkylation sites (N-methyl/N-ethyl adjacent to an activating group) is 1. The monoisotopic (exact) mass is 511 g/mol. The van der Waals surface area contributed by atoms with Crippen molar-refractivity contribution in [2.45, 2.75) is 26.4 Å². The van der Waals surface area contributed by atoms with Crippen LogP contribution in [0.1, 0.15) is 19.4 Å². The maximum absolute atomic E-state index is 13.5. The highest BCUT2D eigenvalue weighted by Crippen LogP contribution is 2.33. The zero-order chi connectivity index (χ0) is 25.5. The average molecular weight is 512 g/mol. The smallest absolute Gasteiger partial charge is 0.244 e. The molecule has 2 amide bonds. The number of sulfonamides is 1. The number of hydrogen-bond donors (Lipinski definition) is 1. The maximum Gasteiger partial charge on any atom is 0.244 e. The van der Waals surface area contributed by atoms with Crippen molar-refractivity contribution in [1.29, 1.82) is 0 Å². The molecule has 0 saturated carbocycles. The summed E-state index contributed by atoms with van der Waals surface area (Å²) in [7, 11) is -0.989. The lowest BCUT2D eigenvalue weighted by Gasteiger charge is -2.31. The minimum absolute atomic E-state index is 0.0681. The Labute approximate surface area is 205 Å². The van der Waals surface area contributed by atoms with Gasteiger partial charge in [0.15, 0.2) is 0 Å². The molecule has 0 spiro atoms. The largest absolute Gasteiger partial charge is 0.497 e. The Morgan fingerprint density at radius 3 is 2.41 bits per heavy atom. The Kier molecular flexibility index (Phi) is 9.57. The summed E-state index contributed by atoms with van der Waals surface area (Å²) < 4.78 is 36.8. The molecule has 2 aromatic rings. The standard InChI is InChI=1S/C23H30ClN3O6S/c1-6-25-23(29)16(2)26(14-17-8-7-9-19(12-17)32-3)22(28)15-27(34(5,30)31)20-13-18(24)10-11-21(20)33-4/h7-13,16H,6,14-15H2,1-5H3,(H,25,29). The average Bonchev–Trinajstić information content (AvgIpc) is 2.79. The number of anilines is 1. The molecule has 1 atom stereocenters. The van der Waals surface area contributed by atoms with Gasteiger partial charge in [-0.05, 0) is 49.7 Å². The molecule has 186 valence electrons. The van der Waals surface area contributed by atoms with Gasteiger partial charge in [0, 0.05) is 18.1 Å². The van der Waals surface area contributed by atoms with E-state index in [4.69, 9.17) is 21.1 Å². The summed E-state index contributed by atoms with van der Waals surface area (Å²) in [5.74, 6) is -0.102. The number of methoxy groups -OCH3 is 2. The van der Waals surface area contributed by atoms with Gasteiger partial charge in [-0.15, -0.1) is 0 Å². The zero-order valence-electron chi connectivity index (χ0n) is 19.9. The van der Waals surface area contributed by atoms with E-state index in [0.29, 0.717) is 12.3 Å². The highest BCUT2D eigenvalue weighted by atomic mass is 35.5. The molecule has 0 radical (unpaired) electrons. The van der Waals surface area contributed by atoms with Crippen molar-refractivity contribution >= 4 is 39.1 Å². The van der Waals surface area contributed by atoms with Crippen molar-refractivity contribution in [3.05, 3.63) is 53.1 Å². The predicted molar refractivity (Wildman–Crippen MR) is 132 cm³/mol. The number of nitrogens with zero attached hydrogens (tertiary/aromatic N) is 2. The molecule has 2 rings (SSSR count). The Bertz CT molecular complexity index is 1130. The van der Waals surface area contributed by atoms with Gasteiger partial charge in [-0.1, -0.05) is 23.7 Å². The lowest BCUT2D eigenvalue weighted by Crippen LogP contribution is -2.51. The normalized spacial score (nSPS) is 11.9. The van der Waals surface area contributed by atoms with E-state index in [1.807, 2.05) is 0 Å². The van der Waals surface area contributed by atoms with Crippen LogP contribution in [0.4, 0.5) is 5.69 Å². The van der Waals surface area contributed by atoms with E-state index in [9.17, 15) is 18.0 Å². The summed E-state index contributed by atoms with van der Waals surface area (Å²) in [6, 6.07) is 10.7. The summed E-state index contributed by atoms with van der Waals surface area (Å²) in [6.45, 7) is 3.27. The molecule has 0 aliphatic heterocycles. The van der Waals surface area contributed by atoms with Crippen LogP contribution in [-0.2, 0) is 26.2 Å². The predicted octanol–water partition coefficient (Wildman–Crippen LogP) is 2.68. The van der Waals surface area contributed by atoms with Crippen LogP contribution in [-0.4, -0.2) is 64.7 Å². The minimum Gasteiger partial charge on any atom is -0.497 e. The molecule has 0 aliphatic rings. The van der Waals surface area contributed by atoms with E-state index in [1.54, 1.807) is 44.2 Å². The number of carbonyl (C=O) groups excluding carboxylic acids is 2. The van der Waals surface area contributed by atoms with Crippen LogP contribution in [0.3, 0.4) is 0 Å². The Morgan fingerprint density at radius 2 is 1.82 bits per heavy atom. The number of hydrogen-bond acceptors (Lipinski definition) is 6. The molecule has 34 heavy (non-hydrogen) atoms. The van der Waals surface area contributed by atoms with Crippen LogP contribution in [0, 0.1) is 0 Å². The third kappa shape index (κ3) is 7.01. The van der Waals surface area contributed by atoms with E-state index in [-0.39, 0.29) is 28.9 Å². The molecule has 1 unspecified atom stereocenters. The van der Waals surface area contributed by atoms with Crippen LogP contribution < -0.4 is 19.1 Å². The number of amides is 2. The summed E-state index contributed by atoms with van der Waals surface area (Å²) in [6.07, 6.45) is 0.986.